The molecule has 0 rings (SSSR count). The Hall–Kier alpha value is -3.16. The van der Waals surface area contributed by atoms with Crippen molar-refractivity contribution in [2.24, 2.45) is 5.73 Å². The van der Waals surface area contributed by atoms with E-state index < -0.39 is 59.7 Å². The van der Waals surface area contributed by atoms with Crippen LogP contribution in [0.15, 0.2) is 36.5 Å². The van der Waals surface area contributed by atoms with Crippen LogP contribution < -0.4 is 16.4 Å². The van der Waals surface area contributed by atoms with Gasteiger partial charge in [-0.2, -0.15) is 0 Å². The van der Waals surface area contributed by atoms with Gasteiger partial charge in [-0.3, -0.25) is 24.0 Å². The van der Waals surface area contributed by atoms with Crippen LogP contribution in [0, 0.1) is 0 Å². The Bertz CT molecular complexity index is 940. The zero-order chi connectivity index (χ0) is 32.5. The SMILES string of the molecule is CCCCCCCC/C=C/C=C/C=C/[C@H](SC[C@H](NC(=O)CC[C@H](N)C(=O)O)C(=O)NCC(=O)O)[C@H](O)CCCC(=O)O. The Kier molecular flexibility index (Phi) is 23.5. The second-order valence-electron chi connectivity index (χ2n) is 10.1. The summed E-state index contributed by atoms with van der Waals surface area (Å²) >= 11 is 1.14. The fourth-order valence-corrected chi connectivity index (χ4v) is 5.00. The summed E-state index contributed by atoms with van der Waals surface area (Å²) in [5, 5.41) is 41.6. The number of hydrogen-bond donors (Lipinski definition) is 7. The molecule has 0 aromatic rings. The molecule has 0 aromatic heterocycles. The molecule has 0 unspecified atom stereocenters. The zero-order valence-corrected chi connectivity index (χ0v) is 25.8. The van der Waals surface area contributed by atoms with E-state index in [-0.39, 0.29) is 37.9 Å². The lowest BCUT2D eigenvalue weighted by atomic mass is 10.1. The van der Waals surface area contributed by atoms with E-state index in [9.17, 15) is 29.1 Å². The topological polar surface area (TPSA) is 216 Å². The zero-order valence-electron chi connectivity index (χ0n) is 25.0. The molecule has 0 aliphatic heterocycles. The van der Waals surface area contributed by atoms with E-state index in [4.69, 9.17) is 21.1 Å². The summed E-state index contributed by atoms with van der Waals surface area (Å²) in [5.74, 6) is -4.98. The van der Waals surface area contributed by atoms with Crippen molar-refractivity contribution in [3.63, 3.8) is 0 Å². The Morgan fingerprint density at radius 1 is 0.837 bits per heavy atom. The number of nitrogens with two attached hydrogens (primary N) is 1. The fourth-order valence-electron chi connectivity index (χ4n) is 3.79. The van der Waals surface area contributed by atoms with Gasteiger partial charge in [-0.25, -0.2) is 0 Å². The van der Waals surface area contributed by atoms with Crippen LogP contribution in [0.3, 0.4) is 0 Å². The van der Waals surface area contributed by atoms with Crippen LogP contribution in [-0.2, 0) is 24.0 Å². The third kappa shape index (κ3) is 23.0. The van der Waals surface area contributed by atoms with E-state index in [1.165, 1.54) is 32.1 Å². The number of amides is 2. The second-order valence-corrected chi connectivity index (χ2v) is 11.3. The Morgan fingerprint density at radius 2 is 1.51 bits per heavy atom. The predicted octanol–water partition coefficient (Wildman–Crippen LogP) is 3.00. The highest BCUT2D eigenvalue weighted by atomic mass is 32.2. The first-order valence-corrected chi connectivity index (χ1v) is 15.8. The number of hydrogen-bond acceptors (Lipinski definition) is 8. The number of aliphatic hydroxyl groups excluding tert-OH is 1. The first-order valence-electron chi connectivity index (χ1n) is 14.8. The number of carbonyl (C=O) groups is 5. The average Bonchev–Trinajstić information content (AvgIpc) is 2.95. The van der Waals surface area contributed by atoms with Crippen LogP contribution in [0.4, 0.5) is 0 Å². The van der Waals surface area contributed by atoms with Crippen LogP contribution in [0.25, 0.3) is 0 Å². The molecule has 244 valence electrons. The average molecular weight is 628 g/mol. The summed E-state index contributed by atoms with van der Waals surface area (Å²) in [5.41, 5.74) is 5.44. The number of carbonyl (C=O) groups excluding carboxylic acids is 2. The van der Waals surface area contributed by atoms with Crippen molar-refractivity contribution < 1.29 is 44.4 Å². The highest BCUT2D eigenvalue weighted by molar-refractivity contribution is 8.00. The van der Waals surface area contributed by atoms with Gasteiger partial charge in [0.2, 0.25) is 11.8 Å². The first kappa shape index (κ1) is 39.8. The lowest BCUT2D eigenvalue weighted by molar-refractivity contribution is -0.139. The molecule has 0 saturated heterocycles. The number of thioether (sulfide) groups is 1. The van der Waals surface area contributed by atoms with Gasteiger partial charge < -0.3 is 36.8 Å². The van der Waals surface area contributed by atoms with Crippen LogP contribution in [0.1, 0.15) is 84.0 Å². The monoisotopic (exact) mass is 627 g/mol. The van der Waals surface area contributed by atoms with Gasteiger partial charge in [-0.15, -0.1) is 11.8 Å². The largest absolute Gasteiger partial charge is 0.481 e. The lowest BCUT2D eigenvalue weighted by Crippen LogP contribution is -2.50. The van der Waals surface area contributed by atoms with Crippen LogP contribution in [0.2, 0.25) is 0 Å². The van der Waals surface area contributed by atoms with Crippen molar-refractivity contribution >= 4 is 41.5 Å². The number of carboxylic acids is 3. The van der Waals surface area contributed by atoms with Gasteiger partial charge in [0.05, 0.1) is 6.10 Å². The number of allylic oxidation sites excluding steroid dienone is 5. The van der Waals surface area contributed by atoms with E-state index in [1.807, 2.05) is 12.2 Å². The summed E-state index contributed by atoms with van der Waals surface area (Å²) in [6, 6.07) is -2.44. The van der Waals surface area contributed by atoms with Crippen LogP contribution in [-0.4, -0.2) is 85.9 Å². The molecule has 8 N–H and O–H groups in total. The van der Waals surface area contributed by atoms with Gasteiger partial charge in [0.15, 0.2) is 0 Å². The second kappa shape index (κ2) is 25.3. The van der Waals surface area contributed by atoms with Gasteiger partial charge in [0, 0.05) is 23.8 Å². The Labute approximate surface area is 258 Å². The normalized spacial score (nSPS) is 14.5. The molecule has 0 aliphatic rings. The molecule has 0 bridgehead atoms. The molecule has 0 aliphatic carbocycles. The summed E-state index contributed by atoms with van der Waals surface area (Å²) in [7, 11) is 0. The maximum absolute atomic E-state index is 12.6. The maximum Gasteiger partial charge on any atom is 0.322 e. The van der Waals surface area contributed by atoms with Crippen molar-refractivity contribution in [3.05, 3.63) is 36.5 Å². The van der Waals surface area contributed by atoms with Crippen LogP contribution in [0.5, 0.6) is 0 Å². The van der Waals surface area contributed by atoms with Crippen molar-refractivity contribution in [1.29, 1.82) is 0 Å². The lowest BCUT2D eigenvalue weighted by Gasteiger charge is -2.23. The summed E-state index contributed by atoms with van der Waals surface area (Å²) in [6.07, 6.45) is 18.4. The van der Waals surface area contributed by atoms with Gasteiger partial charge in [-0.1, -0.05) is 75.5 Å². The summed E-state index contributed by atoms with van der Waals surface area (Å²) in [6.45, 7) is 1.52. The highest BCUT2D eigenvalue weighted by Crippen LogP contribution is 2.22. The molecule has 12 nitrogen and oxygen atoms in total. The number of nitrogens with one attached hydrogen (secondary N) is 2. The predicted molar refractivity (Wildman–Crippen MR) is 167 cm³/mol. The Morgan fingerprint density at radius 3 is 2.16 bits per heavy atom. The number of rotatable bonds is 26. The maximum atomic E-state index is 12.6. The smallest absolute Gasteiger partial charge is 0.322 e. The minimum Gasteiger partial charge on any atom is -0.481 e. The van der Waals surface area contributed by atoms with Crippen molar-refractivity contribution in [1.82, 2.24) is 10.6 Å². The molecule has 4 atom stereocenters. The van der Waals surface area contributed by atoms with E-state index in [0.29, 0.717) is 0 Å². The van der Waals surface area contributed by atoms with Gasteiger partial charge in [-0.05, 0) is 32.1 Å². The highest BCUT2D eigenvalue weighted by Gasteiger charge is 2.25. The van der Waals surface area contributed by atoms with Gasteiger partial charge in [0.1, 0.15) is 18.6 Å². The third-order valence-corrected chi connectivity index (χ3v) is 7.67. The molecule has 0 aromatic carbocycles. The van der Waals surface area contributed by atoms with Crippen LogP contribution >= 0.6 is 11.8 Å². The molecular weight excluding hydrogens is 578 g/mol. The quantitative estimate of drug-likeness (QED) is 0.0546. The molecule has 43 heavy (non-hydrogen) atoms. The van der Waals surface area contributed by atoms with Crippen molar-refractivity contribution in [2.75, 3.05) is 12.3 Å². The van der Waals surface area contributed by atoms with Crippen molar-refractivity contribution in [3.8, 4) is 0 Å². The van der Waals surface area contributed by atoms with E-state index >= 15 is 0 Å². The Balaban J connectivity index is 5.31. The molecule has 2 amide bonds. The molecule has 0 heterocycles. The standard InChI is InChI=1S/C30H49N3O9S/c1-2-3-4-5-6-7-8-9-10-11-12-13-16-25(24(34)15-14-17-27(36)37)43-21-23(29(40)32-20-28(38)39)33-26(35)19-18-22(31)30(41)42/h9-13,16,22-25,34H,2-8,14-15,17-21,31H2,1H3,(H,32,40)(H,33,35)(H,36,37)(H,38,39)(H,41,42)/b10-9+,12-11+,16-13+/t22-,23-,24+,25-/m0/s1. The van der Waals surface area contributed by atoms with Gasteiger partial charge in [0.25, 0.3) is 0 Å². The molecule has 0 spiro atoms. The fraction of sp³-hybridized carbons (Fsp3) is 0.633. The van der Waals surface area contributed by atoms with Gasteiger partial charge >= 0.3 is 17.9 Å². The third-order valence-electron chi connectivity index (χ3n) is 6.28. The van der Waals surface area contributed by atoms with Crippen molar-refractivity contribution in [2.45, 2.75) is 107 Å². The van der Waals surface area contributed by atoms with E-state index in [1.54, 1.807) is 18.2 Å². The molecule has 0 fully saturated rings. The molecule has 13 heteroatoms. The number of aliphatic carboxylic acids is 3. The summed E-state index contributed by atoms with van der Waals surface area (Å²) in [4.78, 5) is 57.8. The molecule has 0 saturated carbocycles. The summed E-state index contributed by atoms with van der Waals surface area (Å²) < 4.78 is 0. The first-order chi connectivity index (χ1) is 20.5. The van der Waals surface area contributed by atoms with E-state index in [2.05, 4.69) is 23.6 Å². The number of carboxylic acid groups (broad SMARTS) is 3. The molecule has 0 radical (unpaired) electrons. The minimum absolute atomic E-state index is 0.0466. The molecular formula is C30H49N3O9S. The minimum atomic E-state index is -1.28. The number of unbranched alkanes of at least 4 members (excludes halogenated alkanes) is 6. The number of aliphatic hydroxyl groups is 1. The van der Waals surface area contributed by atoms with E-state index in [0.717, 1.165) is 24.6 Å².